The van der Waals surface area contributed by atoms with Gasteiger partial charge < -0.3 is 4.90 Å². The molecule has 3 heteroatoms. The van der Waals surface area contributed by atoms with E-state index in [1.165, 1.54) is 6.20 Å². The molecule has 2 heterocycles. The van der Waals surface area contributed by atoms with Gasteiger partial charge in [-0.3, -0.25) is 9.78 Å². The van der Waals surface area contributed by atoms with Gasteiger partial charge >= 0.3 is 0 Å². The Morgan fingerprint density at radius 1 is 1.73 bits per heavy atom. The van der Waals surface area contributed by atoms with Crippen LogP contribution in [0.5, 0.6) is 0 Å². The Labute approximate surface area is 64.7 Å². The maximum absolute atomic E-state index is 11.3. The van der Waals surface area contributed by atoms with Crippen molar-refractivity contribution in [3.8, 4) is 0 Å². The van der Waals surface area contributed by atoms with Crippen LogP contribution in [-0.4, -0.2) is 22.8 Å². The first-order valence-corrected chi connectivity index (χ1v) is 3.39. The second-order valence-electron chi connectivity index (χ2n) is 2.61. The van der Waals surface area contributed by atoms with E-state index in [1.807, 2.05) is 0 Å². The van der Waals surface area contributed by atoms with Gasteiger partial charge in [-0.25, -0.2) is 0 Å². The Bertz CT molecular complexity index is 309. The number of hydrogen-bond donors (Lipinski definition) is 0. The van der Waals surface area contributed by atoms with Crippen LogP contribution in [0.4, 0.5) is 0 Å². The van der Waals surface area contributed by atoms with Crippen LogP contribution in [-0.2, 0) is 6.54 Å². The van der Waals surface area contributed by atoms with Crippen molar-refractivity contribution in [3.63, 3.8) is 0 Å². The Hall–Kier alpha value is -1.38. The number of rotatable bonds is 0. The summed E-state index contributed by atoms with van der Waals surface area (Å²) in [5.41, 5.74) is 1.64. The number of aromatic nitrogens is 1. The molecule has 55 valence electrons. The van der Waals surface area contributed by atoms with E-state index in [9.17, 15) is 4.79 Å². The van der Waals surface area contributed by atoms with E-state index in [-0.39, 0.29) is 5.91 Å². The van der Waals surface area contributed by atoms with Crippen LogP contribution in [0.2, 0.25) is 0 Å². The van der Waals surface area contributed by atoms with Gasteiger partial charge in [-0.2, -0.15) is 0 Å². The summed E-state index contributed by atoms with van der Waals surface area (Å²) < 4.78 is 0. The summed E-state index contributed by atoms with van der Waals surface area (Å²) in [5.74, 6) is 0.0439. The molecule has 0 aromatic carbocycles. The van der Waals surface area contributed by atoms with E-state index in [0.29, 0.717) is 12.1 Å². The van der Waals surface area contributed by atoms with Crippen molar-refractivity contribution < 1.29 is 4.79 Å². The van der Waals surface area contributed by atoms with Gasteiger partial charge in [0.2, 0.25) is 0 Å². The number of nitrogens with zero attached hydrogens (tertiary/aromatic N) is 2. The third kappa shape index (κ3) is 0.808. The molecule has 0 bridgehead atoms. The summed E-state index contributed by atoms with van der Waals surface area (Å²) in [6, 6.07) is 2.83. The Kier molecular flexibility index (Phi) is 1.18. The number of hydrogen-bond acceptors (Lipinski definition) is 2. The van der Waals surface area contributed by atoms with Crippen LogP contribution in [0.25, 0.3) is 0 Å². The highest BCUT2D eigenvalue weighted by Gasteiger charge is 2.23. The predicted molar refractivity (Wildman–Crippen MR) is 38.9 cm³/mol. The van der Waals surface area contributed by atoms with Crippen LogP contribution in [0.15, 0.2) is 12.4 Å². The molecule has 0 unspecified atom stereocenters. The zero-order valence-electron chi connectivity index (χ0n) is 6.16. The van der Waals surface area contributed by atoms with Crippen LogP contribution in [0.3, 0.4) is 0 Å². The van der Waals surface area contributed by atoms with Gasteiger partial charge in [0.15, 0.2) is 0 Å². The molecule has 0 N–H and O–H groups in total. The predicted octanol–water partition coefficient (Wildman–Crippen LogP) is 0.467. The van der Waals surface area contributed by atoms with Gasteiger partial charge in [0.25, 0.3) is 5.91 Å². The van der Waals surface area contributed by atoms with Crippen molar-refractivity contribution in [3.05, 3.63) is 29.6 Å². The number of amides is 1. The van der Waals surface area contributed by atoms with Gasteiger partial charge in [0.1, 0.15) is 0 Å². The maximum Gasteiger partial charge on any atom is 0.254 e. The summed E-state index contributed by atoms with van der Waals surface area (Å²) >= 11 is 0. The zero-order valence-corrected chi connectivity index (χ0v) is 6.16. The van der Waals surface area contributed by atoms with Gasteiger partial charge in [-0.15, -0.1) is 0 Å². The summed E-state index contributed by atoms with van der Waals surface area (Å²) in [6.45, 7) is 0.665. The zero-order chi connectivity index (χ0) is 7.84. The molecule has 1 aromatic heterocycles. The first-order chi connectivity index (χ1) is 5.29. The van der Waals surface area contributed by atoms with E-state index >= 15 is 0 Å². The topological polar surface area (TPSA) is 33.2 Å². The van der Waals surface area contributed by atoms with Crippen LogP contribution < -0.4 is 0 Å². The number of fused-ring (bicyclic) bond motifs is 1. The molecule has 0 saturated heterocycles. The van der Waals surface area contributed by atoms with E-state index in [2.05, 4.69) is 11.1 Å². The quantitative estimate of drug-likeness (QED) is 0.534. The van der Waals surface area contributed by atoms with Crippen molar-refractivity contribution in [2.24, 2.45) is 0 Å². The monoisotopic (exact) mass is 147 g/mol. The van der Waals surface area contributed by atoms with Crippen LogP contribution >= 0.6 is 0 Å². The lowest BCUT2D eigenvalue weighted by Crippen LogP contribution is -2.17. The summed E-state index contributed by atoms with van der Waals surface area (Å²) in [4.78, 5) is 16.8. The second-order valence-corrected chi connectivity index (χ2v) is 2.61. The molecule has 3 nitrogen and oxygen atoms in total. The Morgan fingerprint density at radius 2 is 2.55 bits per heavy atom. The fourth-order valence-electron chi connectivity index (χ4n) is 1.22. The molecule has 0 atom stereocenters. The second kappa shape index (κ2) is 2.05. The molecular formula is C8H7N2O. The molecule has 1 aliphatic heterocycles. The summed E-state index contributed by atoms with van der Waals surface area (Å²) in [5, 5.41) is 0. The van der Waals surface area contributed by atoms with Gasteiger partial charge in [-0.1, -0.05) is 0 Å². The van der Waals surface area contributed by atoms with E-state index in [1.54, 1.807) is 18.1 Å². The third-order valence-corrected chi connectivity index (χ3v) is 1.80. The minimum atomic E-state index is 0.0439. The fraction of sp³-hybridized carbons (Fsp3) is 0.250. The van der Waals surface area contributed by atoms with Gasteiger partial charge in [0, 0.05) is 37.6 Å². The average Bonchev–Trinajstić information content (AvgIpc) is 2.30. The van der Waals surface area contributed by atoms with E-state index in [4.69, 9.17) is 0 Å². The van der Waals surface area contributed by atoms with Crippen LogP contribution in [0.1, 0.15) is 15.9 Å². The molecule has 2 rings (SSSR count). The average molecular weight is 147 g/mol. The van der Waals surface area contributed by atoms with Crippen LogP contribution in [0, 0.1) is 6.07 Å². The largest absolute Gasteiger partial charge is 0.337 e. The molecule has 0 fully saturated rings. The standard InChI is InChI=1S/C8H7N2O/c1-10-5-6-4-9-3-2-7(6)8(10)11/h3-4H,5H2,1H3. The molecule has 1 amide bonds. The molecule has 1 aliphatic rings. The minimum Gasteiger partial charge on any atom is -0.337 e. The molecule has 0 aliphatic carbocycles. The fourth-order valence-corrected chi connectivity index (χ4v) is 1.22. The normalized spacial score (nSPS) is 15.4. The lowest BCUT2D eigenvalue weighted by Gasteiger charge is -2.04. The lowest BCUT2D eigenvalue weighted by molar-refractivity contribution is 0.0816. The smallest absolute Gasteiger partial charge is 0.254 e. The van der Waals surface area contributed by atoms with Crippen molar-refractivity contribution >= 4 is 5.91 Å². The van der Waals surface area contributed by atoms with E-state index < -0.39 is 0 Å². The Morgan fingerprint density at radius 3 is 3.27 bits per heavy atom. The van der Waals surface area contributed by atoms with Crippen molar-refractivity contribution in [2.75, 3.05) is 7.05 Å². The number of carbonyl (C=O) groups is 1. The number of pyridine rings is 1. The maximum atomic E-state index is 11.3. The Balaban J connectivity index is 2.55. The van der Waals surface area contributed by atoms with Crippen molar-refractivity contribution in [2.45, 2.75) is 6.54 Å². The van der Waals surface area contributed by atoms with Gasteiger partial charge in [0.05, 0.1) is 5.56 Å². The van der Waals surface area contributed by atoms with Gasteiger partial charge in [-0.05, 0) is 0 Å². The first-order valence-electron chi connectivity index (χ1n) is 3.39. The summed E-state index contributed by atoms with van der Waals surface area (Å²) in [7, 11) is 1.77. The van der Waals surface area contributed by atoms with Crippen molar-refractivity contribution in [1.29, 1.82) is 0 Å². The third-order valence-electron chi connectivity index (χ3n) is 1.80. The SMILES string of the molecule is CN1Cc2cnc[c]c2C1=O. The lowest BCUT2D eigenvalue weighted by atomic mass is 10.2. The molecule has 1 aromatic rings. The molecule has 11 heavy (non-hydrogen) atoms. The molecular weight excluding hydrogens is 140 g/mol. The van der Waals surface area contributed by atoms with E-state index in [0.717, 1.165) is 5.56 Å². The highest BCUT2D eigenvalue weighted by molar-refractivity contribution is 5.97. The molecule has 0 saturated carbocycles. The highest BCUT2D eigenvalue weighted by atomic mass is 16.2. The molecule has 0 spiro atoms. The highest BCUT2D eigenvalue weighted by Crippen LogP contribution is 2.18. The first kappa shape index (κ1) is 6.34. The summed E-state index contributed by atoms with van der Waals surface area (Å²) in [6.07, 6.45) is 3.24. The van der Waals surface area contributed by atoms with Crippen molar-refractivity contribution in [1.82, 2.24) is 9.88 Å². The molecule has 1 radical (unpaired) electrons. The number of carbonyl (C=O) groups excluding carboxylic acids is 1. The minimum absolute atomic E-state index is 0.0439.